The first-order chi connectivity index (χ1) is 8.83. The van der Waals surface area contributed by atoms with Gasteiger partial charge in [-0.1, -0.05) is 11.6 Å². The van der Waals surface area contributed by atoms with Crippen molar-refractivity contribution < 1.29 is 27.4 Å². The van der Waals surface area contributed by atoms with E-state index in [1.54, 1.807) is 0 Å². The molecule has 1 rings (SSSR count). The van der Waals surface area contributed by atoms with E-state index in [4.69, 9.17) is 16.3 Å². The number of ether oxygens (including phenoxy) is 2. The minimum absolute atomic E-state index is 0.140. The Morgan fingerprint density at radius 2 is 2.05 bits per heavy atom. The van der Waals surface area contributed by atoms with Crippen LogP contribution in [0.3, 0.4) is 0 Å². The van der Waals surface area contributed by atoms with E-state index in [9.17, 15) is 18.0 Å². The maximum atomic E-state index is 11.8. The van der Waals surface area contributed by atoms with Crippen LogP contribution in [0.4, 0.5) is 13.2 Å². The summed E-state index contributed by atoms with van der Waals surface area (Å²) in [7, 11) is 1.44. The van der Waals surface area contributed by atoms with Gasteiger partial charge >= 0.3 is 6.18 Å². The summed E-state index contributed by atoms with van der Waals surface area (Å²) in [5, 5.41) is 0.268. The van der Waals surface area contributed by atoms with E-state index in [0.29, 0.717) is 11.3 Å². The lowest BCUT2D eigenvalue weighted by Crippen LogP contribution is -2.18. The molecular weight excluding hydrogens is 285 g/mol. The maximum Gasteiger partial charge on any atom is 0.411 e. The zero-order valence-electron chi connectivity index (χ0n) is 10.1. The van der Waals surface area contributed by atoms with Crippen molar-refractivity contribution in [3.8, 4) is 5.75 Å². The number of hydrogen-bond donors (Lipinski definition) is 0. The molecule has 0 aliphatic carbocycles. The molecule has 0 fully saturated rings. The molecule has 0 aromatic heterocycles. The number of carbonyl (C=O) groups is 1. The van der Waals surface area contributed by atoms with Crippen molar-refractivity contribution in [3.05, 3.63) is 28.8 Å². The van der Waals surface area contributed by atoms with Crippen LogP contribution in [0.25, 0.3) is 0 Å². The Morgan fingerprint density at radius 1 is 1.37 bits per heavy atom. The number of carbonyl (C=O) groups excluding carboxylic acids is 1. The lowest BCUT2D eigenvalue weighted by Gasteiger charge is -2.08. The molecule has 3 nitrogen and oxygen atoms in total. The molecule has 1 aromatic rings. The second-order valence-corrected chi connectivity index (χ2v) is 4.10. The molecule has 0 aliphatic heterocycles. The highest BCUT2D eigenvalue weighted by molar-refractivity contribution is 6.32. The minimum atomic E-state index is -4.38. The largest absolute Gasteiger partial charge is 0.495 e. The molecule has 0 saturated carbocycles. The highest BCUT2D eigenvalue weighted by atomic mass is 35.5. The van der Waals surface area contributed by atoms with Crippen LogP contribution in [0, 0.1) is 0 Å². The van der Waals surface area contributed by atoms with Gasteiger partial charge in [0.25, 0.3) is 0 Å². The first kappa shape index (κ1) is 15.8. The third-order valence-electron chi connectivity index (χ3n) is 2.21. The fourth-order valence-corrected chi connectivity index (χ4v) is 1.59. The molecule has 0 spiro atoms. The number of alkyl halides is 3. The molecule has 0 heterocycles. The van der Waals surface area contributed by atoms with Gasteiger partial charge in [0.05, 0.1) is 18.7 Å². The van der Waals surface area contributed by atoms with Crippen molar-refractivity contribution in [1.82, 2.24) is 0 Å². The zero-order valence-corrected chi connectivity index (χ0v) is 10.8. The van der Waals surface area contributed by atoms with Crippen molar-refractivity contribution in [2.45, 2.75) is 12.6 Å². The number of benzene rings is 1. The third-order valence-corrected chi connectivity index (χ3v) is 2.51. The van der Waals surface area contributed by atoms with E-state index in [-0.39, 0.29) is 23.8 Å². The Balaban J connectivity index is 2.48. The third kappa shape index (κ3) is 5.48. The minimum Gasteiger partial charge on any atom is -0.495 e. The summed E-state index contributed by atoms with van der Waals surface area (Å²) < 4.78 is 44.7. The second-order valence-electron chi connectivity index (χ2n) is 3.69. The van der Waals surface area contributed by atoms with Crippen LogP contribution in [-0.4, -0.2) is 32.3 Å². The summed E-state index contributed by atoms with van der Waals surface area (Å²) in [6, 6.07) is 4.43. The molecule has 7 heteroatoms. The van der Waals surface area contributed by atoms with E-state index in [2.05, 4.69) is 4.74 Å². The summed E-state index contributed by atoms with van der Waals surface area (Å²) in [6.07, 6.45) is -4.52. The van der Waals surface area contributed by atoms with Gasteiger partial charge in [0.15, 0.2) is 5.78 Å². The summed E-state index contributed by atoms with van der Waals surface area (Å²) in [4.78, 5) is 11.7. The average molecular weight is 297 g/mol. The average Bonchev–Trinajstić information content (AvgIpc) is 2.33. The van der Waals surface area contributed by atoms with Crippen LogP contribution in [0.1, 0.15) is 16.8 Å². The molecule has 0 saturated heterocycles. The second kappa shape index (κ2) is 6.77. The SMILES string of the molecule is COc1ccc(C(=O)CCOCC(F)(F)F)cc1Cl. The van der Waals surface area contributed by atoms with Crippen molar-refractivity contribution >= 4 is 17.4 Å². The summed E-state index contributed by atoms with van der Waals surface area (Å²) >= 11 is 5.84. The number of methoxy groups -OCH3 is 1. The van der Waals surface area contributed by atoms with Crippen LogP contribution < -0.4 is 4.74 Å². The topological polar surface area (TPSA) is 35.5 Å². The fourth-order valence-electron chi connectivity index (χ4n) is 1.34. The molecule has 0 N–H and O–H groups in total. The van der Waals surface area contributed by atoms with Gasteiger partial charge in [0.2, 0.25) is 0 Å². The van der Waals surface area contributed by atoms with Gasteiger partial charge in [0.1, 0.15) is 12.4 Å². The number of rotatable bonds is 6. The van der Waals surface area contributed by atoms with Crippen LogP contribution >= 0.6 is 11.6 Å². The summed E-state index contributed by atoms with van der Waals surface area (Å²) in [6.45, 7) is -1.65. The van der Waals surface area contributed by atoms with Crippen molar-refractivity contribution in [1.29, 1.82) is 0 Å². The van der Waals surface area contributed by atoms with Gasteiger partial charge in [-0.15, -0.1) is 0 Å². The fraction of sp³-hybridized carbons (Fsp3) is 0.417. The lowest BCUT2D eigenvalue weighted by atomic mass is 10.1. The number of halogens is 4. The predicted octanol–water partition coefficient (Wildman–Crippen LogP) is 3.50. The molecule has 106 valence electrons. The molecule has 0 bridgehead atoms. The maximum absolute atomic E-state index is 11.8. The Bertz CT molecular complexity index is 446. The Kier molecular flexibility index (Phi) is 5.62. The highest BCUT2D eigenvalue weighted by Crippen LogP contribution is 2.25. The van der Waals surface area contributed by atoms with Gasteiger partial charge in [-0.2, -0.15) is 13.2 Å². The lowest BCUT2D eigenvalue weighted by molar-refractivity contribution is -0.173. The van der Waals surface area contributed by atoms with Gasteiger partial charge in [-0.05, 0) is 18.2 Å². The zero-order chi connectivity index (χ0) is 14.5. The van der Waals surface area contributed by atoms with E-state index in [1.807, 2.05) is 0 Å². The molecule has 0 aliphatic rings. The smallest absolute Gasteiger partial charge is 0.411 e. The molecular formula is C12H12ClF3O3. The monoisotopic (exact) mass is 296 g/mol. The molecule has 0 radical (unpaired) electrons. The van der Waals surface area contributed by atoms with Crippen molar-refractivity contribution in [2.75, 3.05) is 20.3 Å². The van der Waals surface area contributed by atoms with Crippen LogP contribution in [0.15, 0.2) is 18.2 Å². The van der Waals surface area contributed by atoms with Gasteiger partial charge in [-0.3, -0.25) is 4.79 Å². The molecule has 1 aromatic carbocycles. The Labute approximate surface area is 113 Å². The number of ketones is 1. The molecule has 19 heavy (non-hydrogen) atoms. The standard InChI is InChI=1S/C12H12ClF3O3/c1-18-11-3-2-8(6-9(11)13)10(17)4-5-19-7-12(14,15)16/h2-3,6H,4-5,7H2,1H3. The van der Waals surface area contributed by atoms with E-state index in [1.165, 1.54) is 25.3 Å². The molecule has 0 amide bonds. The van der Waals surface area contributed by atoms with Gasteiger partial charge in [0, 0.05) is 12.0 Å². The first-order valence-electron chi connectivity index (χ1n) is 5.34. The quantitative estimate of drug-likeness (QED) is 0.595. The van der Waals surface area contributed by atoms with Crippen molar-refractivity contribution in [2.24, 2.45) is 0 Å². The number of hydrogen-bond acceptors (Lipinski definition) is 3. The van der Waals surface area contributed by atoms with E-state index < -0.39 is 12.8 Å². The van der Waals surface area contributed by atoms with Crippen LogP contribution in [0.2, 0.25) is 5.02 Å². The molecule has 0 atom stereocenters. The van der Waals surface area contributed by atoms with Gasteiger partial charge < -0.3 is 9.47 Å². The number of Topliss-reactive ketones (excluding diaryl/α,β-unsaturated/α-hetero) is 1. The summed E-state index contributed by atoms with van der Waals surface area (Å²) in [5.74, 6) is 0.0817. The van der Waals surface area contributed by atoms with E-state index in [0.717, 1.165) is 0 Å². The Morgan fingerprint density at radius 3 is 2.58 bits per heavy atom. The Hall–Kier alpha value is -1.27. The first-order valence-corrected chi connectivity index (χ1v) is 5.72. The summed E-state index contributed by atoms with van der Waals surface area (Å²) in [5.41, 5.74) is 0.307. The van der Waals surface area contributed by atoms with E-state index >= 15 is 0 Å². The van der Waals surface area contributed by atoms with Gasteiger partial charge in [-0.25, -0.2) is 0 Å². The predicted molar refractivity (Wildman–Crippen MR) is 63.8 cm³/mol. The highest BCUT2D eigenvalue weighted by Gasteiger charge is 2.27. The van der Waals surface area contributed by atoms with Crippen LogP contribution in [0.5, 0.6) is 5.75 Å². The van der Waals surface area contributed by atoms with Crippen LogP contribution in [-0.2, 0) is 4.74 Å². The normalized spacial score (nSPS) is 11.4. The van der Waals surface area contributed by atoms with Crippen molar-refractivity contribution in [3.63, 3.8) is 0 Å². The molecule has 0 unspecified atom stereocenters.